The van der Waals surface area contributed by atoms with Gasteiger partial charge in [-0.3, -0.25) is 4.79 Å². The summed E-state index contributed by atoms with van der Waals surface area (Å²) in [5.74, 6) is -0.127. The van der Waals surface area contributed by atoms with Gasteiger partial charge in [0, 0.05) is 6.08 Å². The first kappa shape index (κ1) is 4.18. The molecule has 0 aromatic heterocycles. The van der Waals surface area contributed by atoms with E-state index in [1.165, 1.54) is 6.08 Å². The van der Waals surface area contributed by atoms with Gasteiger partial charge in [0.25, 0.3) is 5.91 Å². The van der Waals surface area contributed by atoms with Crippen molar-refractivity contribution in [2.45, 2.75) is 6.92 Å². The Morgan fingerprint density at radius 1 is 1.86 bits per heavy atom. The number of nitrogens with zero attached hydrogens (tertiary/aromatic N) is 1. The van der Waals surface area contributed by atoms with Crippen LogP contribution in [0.25, 0.3) is 0 Å². The lowest BCUT2D eigenvalue weighted by Crippen LogP contribution is -2.20. The summed E-state index contributed by atoms with van der Waals surface area (Å²) in [7, 11) is 0. The van der Waals surface area contributed by atoms with Crippen LogP contribution in [0.1, 0.15) is 6.92 Å². The molecule has 1 amide bonds. The van der Waals surface area contributed by atoms with Crippen LogP contribution in [0.15, 0.2) is 11.8 Å². The van der Waals surface area contributed by atoms with E-state index in [1.807, 2.05) is 0 Å². The largest absolute Gasteiger partial charge is 0.268 e. The molecule has 0 unspecified atom stereocenters. The standard InChI is InChI=1S/C4H5N2O/c1-3-2-4(7)6-5-3/h2H,1H3,(H,6,7). The second-order valence-electron chi connectivity index (χ2n) is 1.37. The molecule has 1 radical (unpaired) electrons. The molecule has 0 aromatic rings. The zero-order chi connectivity index (χ0) is 5.28. The molecule has 0 atom stereocenters. The Balaban J connectivity index is 2.67. The van der Waals surface area contributed by atoms with Crippen LogP contribution in [0, 0.1) is 0 Å². The zero-order valence-corrected chi connectivity index (χ0v) is 3.93. The number of rotatable bonds is 0. The molecule has 1 heterocycles. The van der Waals surface area contributed by atoms with Crippen molar-refractivity contribution >= 4 is 5.91 Å². The lowest BCUT2D eigenvalue weighted by Gasteiger charge is -1.85. The fraction of sp³-hybridized carbons (Fsp3) is 0.250. The summed E-state index contributed by atoms with van der Waals surface area (Å²) in [6, 6.07) is 0. The maximum Gasteiger partial charge on any atom is 0.265 e. The van der Waals surface area contributed by atoms with E-state index >= 15 is 0 Å². The minimum Gasteiger partial charge on any atom is -0.268 e. The number of hydrogen-bond acceptors (Lipinski definition) is 1. The Kier molecular flexibility index (Phi) is 0.749. The molecule has 37 valence electrons. The maximum atomic E-state index is 10.2. The van der Waals surface area contributed by atoms with Crippen molar-refractivity contribution < 1.29 is 4.79 Å². The molecule has 1 N–H and O–H groups in total. The summed E-state index contributed by atoms with van der Waals surface area (Å²) in [4.78, 5) is 10.2. The van der Waals surface area contributed by atoms with E-state index < -0.39 is 0 Å². The maximum absolute atomic E-state index is 10.2. The number of nitrogens with one attached hydrogen (secondary N) is 1. The first-order valence-corrected chi connectivity index (χ1v) is 1.98. The topological polar surface area (TPSA) is 43.2 Å². The third-order valence-corrected chi connectivity index (χ3v) is 0.682. The molecule has 1 rings (SSSR count). The minimum atomic E-state index is -0.127. The first-order valence-electron chi connectivity index (χ1n) is 1.98. The molecular formula is C4H5N2O. The smallest absolute Gasteiger partial charge is 0.265 e. The molecule has 3 nitrogen and oxygen atoms in total. The molecule has 0 fully saturated rings. The van der Waals surface area contributed by atoms with Gasteiger partial charge in [-0.25, -0.2) is 5.43 Å². The highest BCUT2D eigenvalue weighted by Crippen LogP contribution is 1.90. The Hall–Kier alpha value is -0.990. The lowest BCUT2D eigenvalue weighted by atomic mass is 10.5. The highest BCUT2D eigenvalue weighted by molar-refractivity contribution is 5.89. The SMILES string of the molecule is CC1=CC(=O)N[N]1. The van der Waals surface area contributed by atoms with Gasteiger partial charge in [0.2, 0.25) is 0 Å². The Morgan fingerprint density at radius 3 is 2.71 bits per heavy atom. The predicted molar refractivity (Wildman–Crippen MR) is 24.0 cm³/mol. The van der Waals surface area contributed by atoms with Crippen LogP contribution >= 0.6 is 0 Å². The van der Waals surface area contributed by atoms with Gasteiger partial charge < -0.3 is 0 Å². The van der Waals surface area contributed by atoms with E-state index in [0.29, 0.717) is 0 Å². The highest BCUT2D eigenvalue weighted by Gasteiger charge is 2.05. The van der Waals surface area contributed by atoms with E-state index in [0.717, 1.165) is 5.70 Å². The van der Waals surface area contributed by atoms with Gasteiger partial charge >= 0.3 is 0 Å². The summed E-state index contributed by atoms with van der Waals surface area (Å²) >= 11 is 0. The van der Waals surface area contributed by atoms with Crippen LogP contribution in [0.3, 0.4) is 0 Å². The molecule has 0 saturated carbocycles. The van der Waals surface area contributed by atoms with Crippen molar-refractivity contribution in [3.8, 4) is 0 Å². The van der Waals surface area contributed by atoms with Crippen molar-refractivity contribution in [1.29, 1.82) is 0 Å². The van der Waals surface area contributed by atoms with Gasteiger partial charge in [0.1, 0.15) is 0 Å². The summed E-state index contributed by atoms with van der Waals surface area (Å²) in [6.45, 7) is 1.76. The van der Waals surface area contributed by atoms with Crippen LogP contribution in [0.2, 0.25) is 0 Å². The molecule has 1 aliphatic rings. The van der Waals surface area contributed by atoms with E-state index in [4.69, 9.17) is 0 Å². The van der Waals surface area contributed by atoms with Gasteiger partial charge in [0.05, 0.1) is 5.70 Å². The van der Waals surface area contributed by atoms with Gasteiger partial charge in [-0.05, 0) is 6.92 Å². The molecule has 0 saturated heterocycles. The zero-order valence-electron chi connectivity index (χ0n) is 3.93. The Bertz CT molecular complexity index is 128. The molecule has 0 aromatic carbocycles. The number of allylic oxidation sites excluding steroid dienone is 1. The molecular weight excluding hydrogens is 92.1 g/mol. The minimum absolute atomic E-state index is 0.127. The van der Waals surface area contributed by atoms with E-state index in [2.05, 4.69) is 10.9 Å². The highest BCUT2D eigenvalue weighted by atomic mass is 16.2. The number of carbonyl (C=O) groups excluding carboxylic acids is 1. The van der Waals surface area contributed by atoms with Crippen LogP contribution in [0.4, 0.5) is 0 Å². The summed E-state index contributed by atoms with van der Waals surface area (Å²) < 4.78 is 0. The van der Waals surface area contributed by atoms with Crippen molar-refractivity contribution in [3.05, 3.63) is 11.8 Å². The Labute approximate surface area is 41.4 Å². The van der Waals surface area contributed by atoms with Crippen molar-refractivity contribution in [2.75, 3.05) is 0 Å². The van der Waals surface area contributed by atoms with Crippen LogP contribution in [0.5, 0.6) is 0 Å². The van der Waals surface area contributed by atoms with Crippen LogP contribution in [-0.4, -0.2) is 5.91 Å². The molecule has 0 aliphatic carbocycles. The predicted octanol–water partition coefficient (Wildman–Crippen LogP) is -0.461. The Morgan fingerprint density at radius 2 is 2.57 bits per heavy atom. The van der Waals surface area contributed by atoms with Gasteiger partial charge in [-0.2, -0.15) is 5.43 Å². The average Bonchev–Trinajstić information content (AvgIpc) is 1.87. The van der Waals surface area contributed by atoms with Crippen molar-refractivity contribution in [2.24, 2.45) is 0 Å². The first-order chi connectivity index (χ1) is 3.29. The lowest BCUT2D eigenvalue weighted by molar-refractivity contribution is -0.116. The number of amides is 1. The summed E-state index contributed by atoms with van der Waals surface area (Å²) in [5.41, 5.74) is 6.58. The molecule has 0 bridgehead atoms. The van der Waals surface area contributed by atoms with Crippen molar-refractivity contribution in [1.82, 2.24) is 10.9 Å². The normalized spacial score (nSPS) is 17.9. The molecule has 0 spiro atoms. The van der Waals surface area contributed by atoms with Gasteiger partial charge in [-0.15, -0.1) is 0 Å². The fourth-order valence-corrected chi connectivity index (χ4v) is 0.398. The summed E-state index contributed by atoms with van der Waals surface area (Å²) in [5, 5.41) is 0. The van der Waals surface area contributed by atoms with E-state index in [-0.39, 0.29) is 5.91 Å². The third-order valence-electron chi connectivity index (χ3n) is 0.682. The summed E-state index contributed by atoms with van der Waals surface area (Å²) in [6.07, 6.45) is 1.44. The van der Waals surface area contributed by atoms with Crippen LogP contribution < -0.4 is 10.9 Å². The quantitative estimate of drug-likeness (QED) is 0.436. The van der Waals surface area contributed by atoms with E-state index in [1.54, 1.807) is 6.92 Å². The van der Waals surface area contributed by atoms with Gasteiger partial charge in [-0.1, -0.05) is 0 Å². The third kappa shape index (κ3) is 0.707. The second kappa shape index (κ2) is 1.26. The average molecular weight is 97.1 g/mol. The van der Waals surface area contributed by atoms with Crippen LogP contribution in [-0.2, 0) is 4.79 Å². The molecule has 3 heteroatoms. The number of hydrogen-bond donors (Lipinski definition) is 1. The fourth-order valence-electron chi connectivity index (χ4n) is 0.398. The molecule has 1 aliphatic heterocycles. The second-order valence-corrected chi connectivity index (χ2v) is 1.37. The molecule has 7 heavy (non-hydrogen) atoms. The van der Waals surface area contributed by atoms with Crippen molar-refractivity contribution in [3.63, 3.8) is 0 Å². The number of carbonyl (C=O) groups is 1. The monoisotopic (exact) mass is 97.0 g/mol. The van der Waals surface area contributed by atoms with Gasteiger partial charge in [0.15, 0.2) is 0 Å². The van der Waals surface area contributed by atoms with E-state index in [9.17, 15) is 4.79 Å².